The highest BCUT2D eigenvalue weighted by Gasteiger charge is 1.90. The maximum Gasteiger partial charge on any atom is 0.0256 e. The summed E-state index contributed by atoms with van der Waals surface area (Å²) in [6.07, 6.45) is 0. The Morgan fingerprint density at radius 1 is 1.18 bits per heavy atom. The van der Waals surface area contributed by atoms with Crippen LogP contribution >= 0.6 is 15.9 Å². The van der Waals surface area contributed by atoms with Crippen LogP contribution in [0.2, 0.25) is 6.04 Å². The molecular formula is C9H13BrSi. The molecule has 1 aromatic rings. The van der Waals surface area contributed by atoms with E-state index in [1.807, 2.05) is 0 Å². The fourth-order valence-electron chi connectivity index (χ4n) is 1.07. The molecule has 0 unspecified atom stereocenters. The van der Waals surface area contributed by atoms with E-state index in [2.05, 4.69) is 46.3 Å². The van der Waals surface area contributed by atoms with Crippen LogP contribution in [0, 0.1) is 0 Å². The zero-order chi connectivity index (χ0) is 7.94. The van der Waals surface area contributed by atoms with Gasteiger partial charge >= 0.3 is 0 Å². The molecule has 0 radical (unpaired) electrons. The van der Waals surface area contributed by atoms with Gasteiger partial charge in [-0.15, -0.1) is 0 Å². The van der Waals surface area contributed by atoms with Crippen molar-refractivity contribution in [1.29, 1.82) is 0 Å². The Balaban J connectivity index is 2.28. The van der Waals surface area contributed by atoms with E-state index < -0.39 is 0 Å². The molecule has 0 heterocycles. The van der Waals surface area contributed by atoms with Gasteiger partial charge in [0.05, 0.1) is 0 Å². The van der Waals surface area contributed by atoms with Gasteiger partial charge in [-0.25, -0.2) is 0 Å². The molecular weight excluding hydrogens is 216 g/mol. The van der Waals surface area contributed by atoms with Crippen LogP contribution in [0.5, 0.6) is 0 Å². The molecule has 0 atom stereocenters. The van der Waals surface area contributed by atoms with Crippen molar-refractivity contribution in [2.45, 2.75) is 12.1 Å². The molecule has 11 heavy (non-hydrogen) atoms. The lowest BCUT2D eigenvalue weighted by molar-refractivity contribution is 1.34. The summed E-state index contributed by atoms with van der Waals surface area (Å²) in [4.78, 5) is 0. The van der Waals surface area contributed by atoms with E-state index in [9.17, 15) is 0 Å². The third kappa shape index (κ3) is 3.73. The van der Waals surface area contributed by atoms with E-state index in [0.717, 1.165) is 0 Å². The van der Waals surface area contributed by atoms with Crippen LogP contribution in [0.25, 0.3) is 0 Å². The summed E-state index contributed by atoms with van der Waals surface area (Å²) in [7, 11) is 0.166. The molecule has 0 N–H and O–H groups in total. The number of hydrogen-bond donors (Lipinski definition) is 0. The molecule has 0 spiro atoms. The highest BCUT2D eigenvalue weighted by molar-refractivity contribution is 9.09. The second kappa shape index (κ2) is 5.55. The summed E-state index contributed by atoms with van der Waals surface area (Å²) in [5, 5.41) is 1.19. The number of alkyl halides is 1. The fourth-order valence-corrected chi connectivity index (χ4v) is 3.44. The summed E-state index contributed by atoms with van der Waals surface area (Å²) in [5.41, 5.74) is 1.51. The highest BCUT2D eigenvalue weighted by atomic mass is 79.9. The van der Waals surface area contributed by atoms with Gasteiger partial charge in [-0.05, 0) is 6.04 Å². The molecule has 0 aliphatic rings. The van der Waals surface area contributed by atoms with Crippen molar-refractivity contribution >= 4 is 25.4 Å². The third-order valence-corrected chi connectivity index (χ3v) is 5.07. The van der Waals surface area contributed by atoms with Gasteiger partial charge in [0.2, 0.25) is 0 Å². The van der Waals surface area contributed by atoms with Gasteiger partial charge in [0.1, 0.15) is 0 Å². The summed E-state index contributed by atoms with van der Waals surface area (Å²) in [6, 6.07) is 13.5. The summed E-state index contributed by atoms with van der Waals surface area (Å²) < 4.78 is 0. The van der Waals surface area contributed by atoms with Gasteiger partial charge in [0, 0.05) is 14.8 Å². The molecule has 0 aliphatic heterocycles. The van der Waals surface area contributed by atoms with Gasteiger partial charge in [-0.1, -0.05) is 57.9 Å². The summed E-state index contributed by atoms with van der Waals surface area (Å²) in [6.45, 7) is 0. The number of rotatable bonds is 4. The average molecular weight is 229 g/mol. The minimum absolute atomic E-state index is 0.166. The Kier molecular flexibility index (Phi) is 4.55. The van der Waals surface area contributed by atoms with E-state index >= 15 is 0 Å². The predicted octanol–water partition coefficient (Wildman–Crippen LogP) is 2.17. The molecule has 0 bridgehead atoms. The van der Waals surface area contributed by atoms with Crippen molar-refractivity contribution in [3.63, 3.8) is 0 Å². The van der Waals surface area contributed by atoms with Crippen molar-refractivity contribution in [1.82, 2.24) is 0 Å². The molecule has 0 amide bonds. The first-order valence-electron chi connectivity index (χ1n) is 4.03. The zero-order valence-corrected chi connectivity index (χ0v) is 9.59. The van der Waals surface area contributed by atoms with Crippen molar-refractivity contribution < 1.29 is 0 Å². The monoisotopic (exact) mass is 228 g/mol. The van der Waals surface area contributed by atoms with Crippen molar-refractivity contribution in [3.05, 3.63) is 35.9 Å². The molecule has 60 valence electrons. The highest BCUT2D eigenvalue weighted by Crippen LogP contribution is 1.99. The zero-order valence-electron chi connectivity index (χ0n) is 6.59. The van der Waals surface area contributed by atoms with E-state index in [4.69, 9.17) is 0 Å². The SMILES string of the molecule is BrCC[SiH2]Cc1ccccc1. The fraction of sp³-hybridized carbons (Fsp3) is 0.333. The van der Waals surface area contributed by atoms with Gasteiger partial charge in [-0.3, -0.25) is 0 Å². The van der Waals surface area contributed by atoms with Crippen LogP contribution in [-0.2, 0) is 6.04 Å². The Bertz CT molecular complexity index is 186. The summed E-state index contributed by atoms with van der Waals surface area (Å²) >= 11 is 3.46. The molecule has 2 heteroatoms. The first-order valence-corrected chi connectivity index (χ1v) is 7.15. The lowest BCUT2D eigenvalue weighted by atomic mass is 10.2. The average Bonchev–Trinajstić information content (AvgIpc) is 2.07. The minimum atomic E-state index is 0.166. The van der Waals surface area contributed by atoms with Gasteiger partial charge in [-0.2, -0.15) is 0 Å². The molecule has 0 nitrogen and oxygen atoms in total. The first-order chi connectivity index (χ1) is 5.43. The Hall–Kier alpha value is -0.0831. The Morgan fingerprint density at radius 3 is 2.55 bits per heavy atom. The normalized spacial score (nSPS) is 11.0. The van der Waals surface area contributed by atoms with Crippen LogP contribution in [0.15, 0.2) is 30.3 Å². The Morgan fingerprint density at radius 2 is 1.91 bits per heavy atom. The van der Waals surface area contributed by atoms with Crippen molar-refractivity contribution in [3.8, 4) is 0 Å². The third-order valence-electron chi connectivity index (χ3n) is 1.69. The van der Waals surface area contributed by atoms with Gasteiger partial charge in [0.15, 0.2) is 0 Å². The number of benzene rings is 1. The summed E-state index contributed by atoms with van der Waals surface area (Å²) in [5.74, 6) is 0. The van der Waals surface area contributed by atoms with E-state index in [1.165, 1.54) is 23.0 Å². The predicted molar refractivity (Wildman–Crippen MR) is 57.3 cm³/mol. The van der Waals surface area contributed by atoms with E-state index in [0.29, 0.717) is 0 Å². The molecule has 0 fully saturated rings. The molecule has 0 saturated carbocycles. The quantitative estimate of drug-likeness (QED) is 0.421. The lowest BCUT2D eigenvalue weighted by Gasteiger charge is -1.97. The van der Waals surface area contributed by atoms with Crippen LogP contribution in [0.1, 0.15) is 5.56 Å². The van der Waals surface area contributed by atoms with Gasteiger partial charge in [0.25, 0.3) is 0 Å². The van der Waals surface area contributed by atoms with Crippen LogP contribution in [0.3, 0.4) is 0 Å². The topological polar surface area (TPSA) is 0 Å². The Labute approximate surface area is 79.0 Å². The van der Waals surface area contributed by atoms with Crippen LogP contribution in [0.4, 0.5) is 0 Å². The standard InChI is InChI=1S/C9H13BrSi/c10-6-7-11-8-9-4-2-1-3-5-9/h1-5H,6-8,11H2. The van der Waals surface area contributed by atoms with E-state index in [1.54, 1.807) is 0 Å². The molecule has 0 aromatic heterocycles. The van der Waals surface area contributed by atoms with Gasteiger partial charge < -0.3 is 0 Å². The second-order valence-electron chi connectivity index (χ2n) is 2.63. The maximum atomic E-state index is 3.46. The first kappa shape index (κ1) is 9.01. The number of halogens is 1. The minimum Gasteiger partial charge on any atom is -0.0931 e. The van der Waals surface area contributed by atoms with E-state index in [-0.39, 0.29) is 9.52 Å². The molecule has 0 aliphatic carbocycles. The van der Waals surface area contributed by atoms with Crippen molar-refractivity contribution in [2.75, 3.05) is 5.33 Å². The molecule has 1 rings (SSSR count). The van der Waals surface area contributed by atoms with Crippen LogP contribution in [-0.4, -0.2) is 14.8 Å². The molecule has 1 aromatic carbocycles. The number of hydrogen-bond acceptors (Lipinski definition) is 0. The maximum absolute atomic E-state index is 3.46. The smallest absolute Gasteiger partial charge is 0.0256 e. The van der Waals surface area contributed by atoms with Crippen molar-refractivity contribution in [2.24, 2.45) is 0 Å². The second-order valence-corrected chi connectivity index (χ2v) is 5.34. The largest absolute Gasteiger partial charge is 0.0931 e. The lowest BCUT2D eigenvalue weighted by Crippen LogP contribution is -1.95. The molecule has 0 saturated heterocycles. The van der Waals surface area contributed by atoms with Crippen LogP contribution < -0.4 is 0 Å².